The number of carboxylic acids is 1. The molecule has 0 bridgehead atoms. The molecule has 3 heteroatoms. The van der Waals surface area contributed by atoms with Gasteiger partial charge >= 0.3 is 5.97 Å². The van der Waals surface area contributed by atoms with Crippen LogP contribution in [0.15, 0.2) is 60.7 Å². The number of fused-ring (bicyclic) bond motifs is 1. The van der Waals surface area contributed by atoms with E-state index < -0.39 is 5.97 Å². The van der Waals surface area contributed by atoms with Crippen LogP contribution in [-0.2, 0) is 6.42 Å². The van der Waals surface area contributed by atoms with E-state index in [-0.39, 0.29) is 11.3 Å². The van der Waals surface area contributed by atoms with E-state index in [2.05, 4.69) is 0 Å². The molecule has 0 aliphatic rings. The average Bonchev–Trinajstić information content (AvgIpc) is 2.47. The lowest BCUT2D eigenvalue weighted by Gasteiger charge is -2.09. The van der Waals surface area contributed by atoms with Crippen molar-refractivity contribution in [1.82, 2.24) is 0 Å². The molecule has 0 unspecified atom stereocenters. The fourth-order valence-electron chi connectivity index (χ4n) is 2.52. The lowest BCUT2D eigenvalue weighted by Crippen LogP contribution is -1.99. The first-order valence-electron chi connectivity index (χ1n) is 6.66. The van der Waals surface area contributed by atoms with Gasteiger partial charge in [0, 0.05) is 0 Å². The third-order valence-corrected chi connectivity index (χ3v) is 3.51. The predicted octanol–water partition coefficient (Wildman–Crippen LogP) is 3.83. The van der Waals surface area contributed by atoms with Gasteiger partial charge in [-0.2, -0.15) is 0 Å². The van der Waals surface area contributed by atoms with E-state index in [1.54, 1.807) is 24.3 Å². The van der Waals surface area contributed by atoms with Gasteiger partial charge in [0.05, 0.1) is 5.56 Å². The number of carboxylic acid groups (broad SMARTS) is 1. The van der Waals surface area contributed by atoms with Crippen LogP contribution in [0.4, 0.5) is 0 Å². The molecule has 3 nitrogen and oxygen atoms in total. The summed E-state index contributed by atoms with van der Waals surface area (Å²) in [6, 6.07) is 18.2. The summed E-state index contributed by atoms with van der Waals surface area (Å²) in [6.45, 7) is 0. The Morgan fingerprint density at radius 3 is 2.43 bits per heavy atom. The van der Waals surface area contributed by atoms with Gasteiger partial charge in [0.25, 0.3) is 0 Å². The SMILES string of the molecule is O=C(O)c1cc(Cc2ccccc2)c2ccc(O)cc2c1. The highest BCUT2D eigenvalue weighted by Gasteiger charge is 2.10. The van der Waals surface area contributed by atoms with Crippen LogP contribution in [0, 0.1) is 0 Å². The van der Waals surface area contributed by atoms with Crippen LogP contribution in [0.2, 0.25) is 0 Å². The number of benzene rings is 3. The van der Waals surface area contributed by atoms with E-state index in [0.717, 1.165) is 21.9 Å². The van der Waals surface area contributed by atoms with Crippen molar-refractivity contribution in [2.45, 2.75) is 6.42 Å². The van der Waals surface area contributed by atoms with Gasteiger partial charge in [-0.15, -0.1) is 0 Å². The number of phenols is 1. The molecule has 0 aliphatic carbocycles. The van der Waals surface area contributed by atoms with Crippen LogP contribution in [0.25, 0.3) is 10.8 Å². The second-order valence-corrected chi connectivity index (χ2v) is 5.01. The zero-order chi connectivity index (χ0) is 14.8. The van der Waals surface area contributed by atoms with E-state index >= 15 is 0 Å². The van der Waals surface area contributed by atoms with Crippen molar-refractivity contribution in [3.63, 3.8) is 0 Å². The van der Waals surface area contributed by atoms with Gasteiger partial charge < -0.3 is 10.2 Å². The first-order chi connectivity index (χ1) is 10.1. The molecular weight excluding hydrogens is 264 g/mol. The number of aromatic hydroxyl groups is 1. The quantitative estimate of drug-likeness (QED) is 0.765. The maximum Gasteiger partial charge on any atom is 0.335 e. The zero-order valence-corrected chi connectivity index (χ0v) is 11.3. The summed E-state index contributed by atoms with van der Waals surface area (Å²) in [5.41, 5.74) is 2.30. The summed E-state index contributed by atoms with van der Waals surface area (Å²) in [6.07, 6.45) is 0.656. The molecule has 104 valence electrons. The van der Waals surface area contributed by atoms with Crippen LogP contribution in [0.3, 0.4) is 0 Å². The molecule has 0 atom stereocenters. The summed E-state index contributed by atoms with van der Waals surface area (Å²) < 4.78 is 0. The average molecular weight is 278 g/mol. The van der Waals surface area contributed by atoms with Crippen LogP contribution < -0.4 is 0 Å². The molecule has 0 heterocycles. The zero-order valence-electron chi connectivity index (χ0n) is 11.3. The van der Waals surface area contributed by atoms with Crippen LogP contribution in [-0.4, -0.2) is 16.2 Å². The summed E-state index contributed by atoms with van der Waals surface area (Å²) in [4.78, 5) is 11.3. The lowest BCUT2D eigenvalue weighted by atomic mass is 9.96. The van der Waals surface area contributed by atoms with Gasteiger partial charge in [-0.1, -0.05) is 36.4 Å². The maximum absolute atomic E-state index is 11.3. The number of rotatable bonds is 3. The Labute approximate surface area is 122 Å². The van der Waals surface area contributed by atoms with Crippen molar-refractivity contribution in [3.8, 4) is 5.75 Å². The molecule has 0 aliphatic heterocycles. The topological polar surface area (TPSA) is 57.5 Å². The molecule has 0 amide bonds. The van der Waals surface area contributed by atoms with Crippen molar-refractivity contribution in [1.29, 1.82) is 0 Å². The van der Waals surface area contributed by atoms with Gasteiger partial charge in [0.15, 0.2) is 0 Å². The Hall–Kier alpha value is -2.81. The molecule has 3 rings (SSSR count). The highest BCUT2D eigenvalue weighted by atomic mass is 16.4. The van der Waals surface area contributed by atoms with Gasteiger partial charge in [-0.3, -0.25) is 0 Å². The molecule has 0 aromatic heterocycles. The van der Waals surface area contributed by atoms with Crippen molar-refractivity contribution >= 4 is 16.7 Å². The molecule has 0 spiro atoms. The van der Waals surface area contributed by atoms with Gasteiger partial charge in [0.1, 0.15) is 5.75 Å². The number of hydrogen-bond acceptors (Lipinski definition) is 2. The van der Waals surface area contributed by atoms with Crippen molar-refractivity contribution in [2.24, 2.45) is 0 Å². The van der Waals surface area contributed by atoms with Crippen LogP contribution >= 0.6 is 0 Å². The van der Waals surface area contributed by atoms with Gasteiger partial charge in [-0.25, -0.2) is 4.79 Å². The van der Waals surface area contributed by atoms with Crippen molar-refractivity contribution in [2.75, 3.05) is 0 Å². The minimum absolute atomic E-state index is 0.135. The first-order valence-corrected chi connectivity index (χ1v) is 6.66. The smallest absolute Gasteiger partial charge is 0.335 e. The fraction of sp³-hybridized carbons (Fsp3) is 0.0556. The molecule has 0 fully saturated rings. The Morgan fingerprint density at radius 1 is 0.952 bits per heavy atom. The summed E-state index contributed by atoms with van der Waals surface area (Å²) in [7, 11) is 0. The van der Waals surface area contributed by atoms with Crippen LogP contribution in [0.5, 0.6) is 5.75 Å². The first kappa shape index (κ1) is 13.2. The van der Waals surface area contributed by atoms with E-state index in [9.17, 15) is 15.0 Å². The van der Waals surface area contributed by atoms with E-state index in [4.69, 9.17) is 0 Å². The highest BCUT2D eigenvalue weighted by Crippen LogP contribution is 2.27. The second kappa shape index (κ2) is 5.29. The number of carbonyl (C=O) groups is 1. The third kappa shape index (κ3) is 2.72. The standard InChI is InChI=1S/C18H14O3/c19-16-6-7-17-13(8-12-4-2-1-3-5-12)9-15(18(20)21)10-14(17)11-16/h1-7,9-11,19H,8H2,(H,20,21). The van der Waals surface area contributed by atoms with E-state index in [1.807, 2.05) is 36.4 Å². The molecule has 0 saturated heterocycles. The van der Waals surface area contributed by atoms with Crippen molar-refractivity contribution in [3.05, 3.63) is 77.4 Å². The Bertz CT molecular complexity index is 807. The third-order valence-electron chi connectivity index (χ3n) is 3.51. The molecule has 2 N–H and O–H groups in total. The predicted molar refractivity (Wildman–Crippen MR) is 81.8 cm³/mol. The summed E-state index contributed by atoms with van der Waals surface area (Å²) >= 11 is 0. The number of hydrogen-bond donors (Lipinski definition) is 2. The summed E-state index contributed by atoms with van der Waals surface area (Å²) in [5, 5.41) is 20.5. The van der Waals surface area contributed by atoms with Crippen molar-refractivity contribution < 1.29 is 15.0 Å². The van der Waals surface area contributed by atoms with Gasteiger partial charge in [0.2, 0.25) is 0 Å². The van der Waals surface area contributed by atoms with Crippen LogP contribution in [0.1, 0.15) is 21.5 Å². The molecular formula is C18H14O3. The monoisotopic (exact) mass is 278 g/mol. The largest absolute Gasteiger partial charge is 0.508 e. The normalized spacial score (nSPS) is 10.7. The fourth-order valence-corrected chi connectivity index (χ4v) is 2.52. The molecule has 3 aromatic rings. The lowest BCUT2D eigenvalue weighted by molar-refractivity contribution is 0.0697. The molecule has 21 heavy (non-hydrogen) atoms. The Balaban J connectivity index is 2.17. The molecule has 0 saturated carbocycles. The minimum Gasteiger partial charge on any atom is -0.508 e. The molecule has 3 aromatic carbocycles. The number of aromatic carboxylic acids is 1. The Morgan fingerprint density at radius 2 is 1.71 bits per heavy atom. The minimum atomic E-state index is -0.963. The highest BCUT2D eigenvalue weighted by molar-refractivity contribution is 5.96. The maximum atomic E-state index is 11.3. The van der Waals surface area contributed by atoms with E-state index in [1.165, 1.54) is 0 Å². The Kier molecular flexibility index (Phi) is 3.32. The molecule has 0 radical (unpaired) electrons. The second-order valence-electron chi connectivity index (χ2n) is 5.01. The van der Waals surface area contributed by atoms with Gasteiger partial charge in [-0.05, 0) is 52.6 Å². The number of phenolic OH excluding ortho intramolecular Hbond substituents is 1. The summed E-state index contributed by atoms with van der Waals surface area (Å²) in [5.74, 6) is -0.828. The van der Waals surface area contributed by atoms with E-state index in [0.29, 0.717) is 6.42 Å².